The van der Waals surface area contributed by atoms with Gasteiger partial charge in [0.2, 0.25) is 0 Å². The lowest BCUT2D eigenvalue weighted by Gasteiger charge is -2.20. The van der Waals surface area contributed by atoms with Crippen LogP contribution < -0.4 is 4.18 Å². The van der Waals surface area contributed by atoms with Crippen LogP contribution in [0.4, 0.5) is 13.2 Å². The van der Waals surface area contributed by atoms with Crippen molar-refractivity contribution in [2.75, 3.05) is 7.11 Å². The van der Waals surface area contributed by atoms with Gasteiger partial charge in [0.25, 0.3) is 0 Å². The minimum absolute atomic E-state index is 0.0256. The van der Waals surface area contributed by atoms with E-state index in [4.69, 9.17) is 4.74 Å². The Morgan fingerprint density at radius 1 is 1.25 bits per heavy atom. The summed E-state index contributed by atoms with van der Waals surface area (Å²) in [7, 11) is -4.49. The molecule has 3 rings (SSSR count). The van der Waals surface area contributed by atoms with E-state index in [-0.39, 0.29) is 23.6 Å². The molecule has 2 heterocycles. The number of hydrogen-bond donors (Lipinski definition) is 0. The SMILES string of the molecule is COC1CCn2c3c(c(OS(=O)(=O)C(F)(F)F)c21)C(=O)CC(C)C3. The Morgan fingerprint density at radius 3 is 2.50 bits per heavy atom. The van der Waals surface area contributed by atoms with Crippen LogP contribution in [-0.4, -0.2) is 31.4 Å². The van der Waals surface area contributed by atoms with Crippen molar-refractivity contribution < 1.29 is 35.3 Å². The summed E-state index contributed by atoms with van der Waals surface area (Å²) < 4.78 is 72.4. The number of Topliss-reactive ketones (excluding diaryl/α,β-unsaturated/α-hetero) is 1. The molecule has 10 heteroatoms. The fourth-order valence-corrected chi connectivity index (χ4v) is 3.89. The van der Waals surface area contributed by atoms with Crippen LogP contribution in [0.1, 0.15) is 47.6 Å². The molecule has 0 spiro atoms. The van der Waals surface area contributed by atoms with Crippen molar-refractivity contribution in [2.24, 2.45) is 5.92 Å². The Hall–Kier alpha value is -1.55. The fraction of sp³-hybridized carbons (Fsp3) is 0.643. The summed E-state index contributed by atoms with van der Waals surface area (Å²) in [6, 6.07) is 0. The Morgan fingerprint density at radius 2 is 1.92 bits per heavy atom. The number of alkyl halides is 3. The van der Waals surface area contributed by atoms with Crippen LogP contribution in [0.25, 0.3) is 0 Å². The smallest absolute Gasteiger partial charge is 0.375 e. The Labute approximate surface area is 136 Å². The number of carbonyl (C=O) groups is 1. The minimum atomic E-state index is -5.87. The standard InChI is InChI=1S/C14H16F3NO5S/c1-7-5-8-11(9(19)6-7)13(23-24(20,21)14(15,16)17)12-10(22-2)3-4-18(8)12/h7,10H,3-6H2,1-2H3. The quantitative estimate of drug-likeness (QED) is 0.606. The molecule has 0 N–H and O–H groups in total. The molecule has 1 aromatic heterocycles. The lowest BCUT2D eigenvalue weighted by Crippen LogP contribution is -2.29. The first-order valence-corrected chi connectivity index (χ1v) is 8.79. The Kier molecular flexibility index (Phi) is 3.95. The molecule has 1 aliphatic heterocycles. The average Bonchev–Trinajstić information content (AvgIpc) is 2.97. The lowest BCUT2D eigenvalue weighted by atomic mass is 9.87. The van der Waals surface area contributed by atoms with Gasteiger partial charge in [-0.3, -0.25) is 4.79 Å². The van der Waals surface area contributed by atoms with Gasteiger partial charge in [0.1, 0.15) is 6.10 Å². The molecule has 2 unspecified atom stereocenters. The average molecular weight is 367 g/mol. The molecule has 0 saturated heterocycles. The summed E-state index contributed by atoms with van der Waals surface area (Å²) in [4.78, 5) is 12.3. The molecule has 0 radical (unpaired) electrons. The van der Waals surface area contributed by atoms with E-state index in [9.17, 15) is 26.4 Å². The van der Waals surface area contributed by atoms with Gasteiger partial charge in [0, 0.05) is 25.8 Å². The van der Waals surface area contributed by atoms with E-state index in [1.54, 1.807) is 4.57 Å². The highest BCUT2D eigenvalue weighted by Gasteiger charge is 2.51. The maximum Gasteiger partial charge on any atom is 0.534 e. The summed E-state index contributed by atoms with van der Waals surface area (Å²) in [6.07, 6.45) is 0.470. The zero-order chi connectivity index (χ0) is 17.9. The predicted molar refractivity (Wildman–Crippen MR) is 76.2 cm³/mol. The molecule has 6 nitrogen and oxygen atoms in total. The van der Waals surface area contributed by atoms with Gasteiger partial charge in [0.05, 0.1) is 11.3 Å². The van der Waals surface area contributed by atoms with Gasteiger partial charge in [-0.1, -0.05) is 6.92 Å². The zero-order valence-corrected chi connectivity index (χ0v) is 13.8. The summed E-state index contributed by atoms with van der Waals surface area (Å²) in [5.41, 5.74) is -4.91. The third kappa shape index (κ3) is 2.52. The molecule has 0 saturated carbocycles. The van der Waals surface area contributed by atoms with Crippen molar-refractivity contribution in [1.29, 1.82) is 0 Å². The third-order valence-electron chi connectivity index (χ3n) is 4.40. The molecule has 0 aromatic carbocycles. The summed E-state index contributed by atoms with van der Waals surface area (Å²) in [6.45, 7) is 2.29. The number of rotatable bonds is 3. The number of carbonyl (C=O) groups excluding carboxylic acids is 1. The molecule has 134 valence electrons. The predicted octanol–water partition coefficient (Wildman–Crippen LogP) is 2.57. The summed E-state index contributed by atoms with van der Waals surface area (Å²) in [5.74, 6) is -0.908. The van der Waals surface area contributed by atoms with Crippen molar-refractivity contribution in [3.63, 3.8) is 0 Å². The molecular weight excluding hydrogens is 351 g/mol. The molecule has 1 aromatic rings. The van der Waals surface area contributed by atoms with Gasteiger partial charge in [-0.25, -0.2) is 0 Å². The number of fused-ring (bicyclic) bond motifs is 3. The summed E-state index contributed by atoms with van der Waals surface area (Å²) in [5, 5.41) is 0. The van der Waals surface area contributed by atoms with E-state index >= 15 is 0 Å². The van der Waals surface area contributed by atoms with E-state index in [1.165, 1.54) is 7.11 Å². The number of hydrogen-bond acceptors (Lipinski definition) is 5. The first-order valence-electron chi connectivity index (χ1n) is 7.38. The number of methoxy groups -OCH3 is 1. The van der Waals surface area contributed by atoms with Crippen molar-refractivity contribution in [3.05, 3.63) is 17.0 Å². The number of nitrogens with zero attached hydrogens (tertiary/aromatic N) is 1. The highest BCUT2D eigenvalue weighted by atomic mass is 32.2. The van der Waals surface area contributed by atoms with Crippen LogP contribution in [0, 0.1) is 5.92 Å². The largest absolute Gasteiger partial charge is 0.534 e. The van der Waals surface area contributed by atoms with Gasteiger partial charge >= 0.3 is 15.6 Å². The van der Waals surface area contributed by atoms with Gasteiger partial charge in [-0.05, 0) is 18.8 Å². The van der Waals surface area contributed by atoms with E-state index in [2.05, 4.69) is 4.18 Å². The van der Waals surface area contributed by atoms with Crippen molar-refractivity contribution in [2.45, 2.75) is 44.3 Å². The number of aromatic nitrogens is 1. The molecule has 0 fully saturated rings. The van der Waals surface area contributed by atoms with Crippen LogP contribution in [0.5, 0.6) is 5.75 Å². The van der Waals surface area contributed by atoms with E-state index < -0.39 is 33.3 Å². The van der Waals surface area contributed by atoms with Crippen molar-refractivity contribution in [1.82, 2.24) is 4.57 Å². The second-order valence-electron chi connectivity index (χ2n) is 6.12. The monoisotopic (exact) mass is 367 g/mol. The second-order valence-corrected chi connectivity index (χ2v) is 7.66. The van der Waals surface area contributed by atoms with Gasteiger partial charge in [-0.15, -0.1) is 0 Å². The first kappa shape index (κ1) is 17.3. The van der Waals surface area contributed by atoms with Gasteiger partial charge < -0.3 is 13.5 Å². The Balaban J connectivity index is 2.19. The molecule has 2 atom stereocenters. The highest BCUT2D eigenvalue weighted by Crippen LogP contribution is 2.46. The molecule has 1 aliphatic carbocycles. The van der Waals surface area contributed by atoms with Crippen molar-refractivity contribution >= 4 is 15.9 Å². The third-order valence-corrected chi connectivity index (χ3v) is 5.35. The summed E-state index contributed by atoms with van der Waals surface area (Å²) >= 11 is 0. The zero-order valence-electron chi connectivity index (χ0n) is 13.0. The van der Waals surface area contributed by atoms with E-state index in [0.29, 0.717) is 25.1 Å². The maximum atomic E-state index is 12.7. The normalized spacial score (nSPS) is 24.0. The van der Waals surface area contributed by atoms with Gasteiger partial charge in [-0.2, -0.15) is 21.6 Å². The molecule has 24 heavy (non-hydrogen) atoms. The van der Waals surface area contributed by atoms with Crippen molar-refractivity contribution in [3.8, 4) is 5.75 Å². The van der Waals surface area contributed by atoms with Crippen LogP contribution in [0.2, 0.25) is 0 Å². The first-order chi connectivity index (χ1) is 11.1. The maximum absolute atomic E-state index is 12.7. The molecule has 0 bridgehead atoms. The number of ketones is 1. The second kappa shape index (κ2) is 5.48. The number of ether oxygens (including phenoxy) is 1. The van der Waals surface area contributed by atoms with Gasteiger partial charge in [0.15, 0.2) is 11.5 Å². The highest BCUT2D eigenvalue weighted by molar-refractivity contribution is 7.88. The van der Waals surface area contributed by atoms with Crippen LogP contribution in [0.15, 0.2) is 0 Å². The number of halogens is 3. The van der Waals surface area contributed by atoms with Crippen LogP contribution >= 0.6 is 0 Å². The molecular formula is C14H16F3NO5S. The fourth-order valence-electron chi connectivity index (χ4n) is 3.41. The molecule has 2 aliphatic rings. The van der Waals surface area contributed by atoms with Crippen LogP contribution in [0.3, 0.4) is 0 Å². The Bertz CT molecular complexity index is 796. The van der Waals surface area contributed by atoms with Crippen LogP contribution in [-0.2, 0) is 27.8 Å². The van der Waals surface area contributed by atoms with E-state index in [0.717, 1.165) is 0 Å². The van der Waals surface area contributed by atoms with E-state index in [1.807, 2.05) is 6.92 Å². The lowest BCUT2D eigenvalue weighted by molar-refractivity contribution is -0.0501. The minimum Gasteiger partial charge on any atom is -0.375 e. The topological polar surface area (TPSA) is 74.6 Å². The molecule has 0 amide bonds.